The molecule has 0 saturated carbocycles. The molecule has 1 amide bonds. The summed E-state index contributed by atoms with van der Waals surface area (Å²) in [4.78, 5) is 11.3. The zero-order chi connectivity index (χ0) is 9.68. The molecule has 5 nitrogen and oxygen atoms in total. The molecule has 0 radical (unpaired) electrons. The third-order valence-electron chi connectivity index (χ3n) is 1.63. The summed E-state index contributed by atoms with van der Waals surface area (Å²) in [6, 6.07) is 0. The van der Waals surface area contributed by atoms with Gasteiger partial charge in [-0.3, -0.25) is 9.48 Å². The SMILES string of the molecule is Cn1cc(C(=O)NCCCN)cn1. The van der Waals surface area contributed by atoms with E-state index in [2.05, 4.69) is 10.4 Å². The van der Waals surface area contributed by atoms with Gasteiger partial charge in [-0.15, -0.1) is 0 Å². The lowest BCUT2D eigenvalue weighted by molar-refractivity contribution is 0.0953. The number of nitrogens with zero attached hydrogens (tertiary/aromatic N) is 2. The molecule has 1 aromatic rings. The minimum absolute atomic E-state index is 0.0958. The van der Waals surface area contributed by atoms with Gasteiger partial charge >= 0.3 is 0 Å². The van der Waals surface area contributed by atoms with Crippen LogP contribution in [0.2, 0.25) is 0 Å². The molecule has 0 aliphatic heterocycles. The van der Waals surface area contributed by atoms with E-state index in [1.54, 1.807) is 17.9 Å². The second kappa shape index (κ2) is 4.61. The number of aryl methyl sites for hydroxylation is 1. The maximum absolute atomic E-state index is 11.3. The molecule has 0 bridgehead atoms. The van der Waals surface area contributed by atoms with Gasteiger partial charge in [0, 0.05) is 19.8 Å². The molecule has 0 atom stereocenters. The smallest absolute Gasteiger partial charge is 0.254 e. The van der Waals surface area contributed by atoms with Crippen molar-refractivity contribution in [3.63, 3.8) is 0 Å². The molecular weight excluding hydrogens is 168 g/mol. The highest BCUT2D eigenvalue weighted by Gasteiger charge is 2.05. The monoisotopic (exact) mass is 182 g/mol. The number of amides is 1. The molecule has 13 heavy (non-hydrogen) atoms. The summed E-state index contributed by atoms with van der Waals surface area (Å²) in [5.41, 5.74) is 5.87. The summed E-state index contributed by atoms with van der Waals surface area (Å²) >= 11 is 0. The Morgan fingerprint density at radius 3 is 3.08 bits per heavy atom. The average Bonchev–Trinajstić information content (AvgIpc) is 2.52. The van der Waals surface area contributed by atoms with E-state index < -0.39 is 0 Å². The first kappa shape index (κ1) is 9.73. The van der Waals surface area contributed by atoms with Crippen molar-refractivity contribution < 1.29 is 4.79 Å². The van der Waals surface area contributed by atoms with Gasteiger partial charge in [-0.25, -0.2) is 0 Å². The molecule has 1 heterocycles. The molecule has 0 aliphatic rings. The van der Waals surface area contributed by atoms with Crippen molar-refractivity contribution in [1.82, 2.24) is 15.1 Å². The highest BCUT2D eigenvalue weighted by Crippen LogP contribution is 1.94. The third kappa shape index (κ3) is 2.87. The molecule has 0 saturated heterocycles. The van der Waals surface area contributed by atoms with Crippen molar-refractivity contribution >= 4 is 5.91 Å². The molecule has 0 spiro atoms. The van der Waals surface area contributed by atoms with Gasteiger partial charge < -0.3 is 11.1 Å². The molecule has 0 fully saturated rings. The summed E-state index contributed by atoms with van der Waals surface area (Å²) in [7, 11) is 1.77. The van der Waals surface area contributed by atoms with Crippen molar-refractivity contribution in [2.24, 2.45) is 12.8 Å². The fourth-order valence-electron chi connectivity index (χ4n) is 0.945. The fraction of sp³-hybridized carbons (Fsp3) is 0.500. The van der Waals surface area contributed by atoms with Gasteiger partial charge in [0.05, 0.1) is 11.8 Å². The normalized spacial score (nSPS) is 10.0. The van der Waals surface area contributed by atoms with Crippen LogP contribution in [0.5, 0.6) is 0 Å². The van der Waals surface area contributed by atoms with Crippen molar-refractivity contribution in [3.8, 4) is 0 Å². The maximum atomic E-state index is 11.3. The Balaban J connectivity index is 2.40. The number of rotatable bonds is 4. The van der Waals surface area contributed by atoms with Gasteiger partial charge in [0.25, 0.3) is 5.91 Å². The van der Waals surface area contributed by atoms with Crippen molar-refractivity contribution in [2.75, 3.05) is 13.1 Å². The van der Waals surface area contributed by atoms with E-state index in [9.17, 15) is 4.79 Å². The molecular formula is C8H14N4O. The van der Waals surface area contributed by atoms with Crippen molar-refractivity contribution in [3.05, 3.63) is 18.0 Å². The van der Waals surface area contributed by atoms with Crippen LogP contribution in [0.4, 0.5) is 0 Å². The molecule has 0 unspecified atom stereocenters. The lowest BCUT2D eigenvalue weighted by Crippen LogP contribution is -2.25. The Bertz CT molecular complexity index is 281. The molecule has 1 aromatic heterocycles. The summed E-state index contributed by atoms with van der Waals surface area (Å²) in [5.74, 6) is -0.0958. The lowest BCUT2D eigenvalue weighted by atomic mass is 10.3. The Labute approximate surface area is 76.9 Å². The van der Waals surface area contributed by atoms with Crippen LogP contribution in [0.25, 0.3) is 0 Å². The van der Waals surface area contributed by atoms with E-state index in [-0.39, 0.29) is 5.91 Å². The third-order valence-corrected chi connectivity index (χ3v) is 1.63. The molecule has 5 heteroatoms. The van der Waals surface area contributed by atoms with Crippen LogP contribution in [0, 0.1) is 0 Å². The minimum Gasteiger partial charge on any atom is -0.352 e. The number of carbonyl (C=O) groups is 1. The Morgan fingerprint density at radius 2 is 2.54 bits per heavy atom. The summed E-state index contributed by atoms with van der Waals surface area (Å²) in [5, 5.41) is 6.64. The fourth-order valence-corrected chi connectivity index (χ4v) is 0.945. The second-order valence-electron chi connectivity index (χ2n) is 2.80. The lowest BCUT2D eigenvalue weighted by Gasteiger charge is -2.00. The number of hydrogen-bond donors (Lipinski definition) is 2. The second-order valence-corrected chi connectivity index (χ2v) is 2.80. The summed E-state index contributed by atoms with van der Waals surface area (Å²) in [6.07, 6.45) is 4.02. The van der Waals surface area contributed by atoms with E-state index in [0.717, 1.165) is 6.42 Å². The average molecular weight is 182 g/mol. The predicted octanol–water partition coefficient (Wildman–Crippen LogP) is -0.501. The van der Waals surface area contributed by atoms with E-state index in [4.69, 9.17) is 5.73 Å². The van der Waals surface area contributed by atoms with Crippen LogP contribution in [0.3, 0.4) is 0 Å². The van der Waals surface area contributed by atoms with Crippen LogP contribution in [-0.4, -0.2) is 28.8 Å². The van der Waals surface area contributed by atoms with Crippen LogP contribution in [0.15, 0.2) is 12.4 Å². The molecule has 3 N–H and O–H groups in total. The van der Waals surface area contributed by atoms with E-state index in [1.807, 2.05) is 0 Å². The molecule has 1 rings (SSSR count). The summed E-state index contributed by atoms with van der Waals surface area (Å²) < 4.78 is 1.60. The zero-order valence-corrected chi connectivity index (χ0v) is 7.66. The Morgan fingerprint density at radius 1 is 1.77 bits per heavy atom. The Kier molecular flexibility index (Phi) is 3.45. The van der Waals surface area contributed by atoms with Gasteiger partial charge in [-0.1, -0.05) is 0 Å². The van der Waals surface area contributed by atoms with Gasteiger partial charge in [0.2, 0.25) is 0 Å². The first-order valence-electron chi connectivity index (χ1n) is 4.21. The topological polar surface area (TPSA) is 72.9 Å². The standard InChI is InChI=1S/C8H14N4O/c1-12-6-7(5-11-12)8(13)10-4-2-3-9/h5-6H,2-4,9H2,1H3,(H,10,13). The van der Waals surface area contributed by atoms with E-state index in [0.29, 0.717) is 18.7 Å². The number of aromatic nitrogens is 2. The first-order chi connectivity index (χ1) is 6.24. The maximum Gasteiger partial charge on any atom is 0.254 e. The highest BCUT2D eigenvalue weighted by molar-refractivity contribution is 5.93. The zero-order valence-electron chi connectivity index (χ0n) is 7.66. The van der Waals surface area contributed by atoms with Crippen LogP contribution >= 0.6 is 0 Å². The van der Waals surface area contributed by atoms with Crippen LogP contribution in [-0.2, 0) is 7.05 Å². The van der Waals surface area contributed by atoms with E-state index in [1.165, 1.54) is 6.20 Å². The quantitative estimate of drug-likeness (QED) is 0.616. The number of hydrogen-bond acceptors (Lipinski definition) is 3. The van der Waals surface area contributed by atoms with Crippen molar-refractivity contribution in [2.45, 2.75) is 6.42 Å². The molecule has 0 aliphatic carbocycles. The van der Waals surface area contributed by atoms with Gasteiger partial charge in [0.15, 0.2) is 0 Å². The van der Waals surface area contributed by atoms with Gasteiger partial charge in [-0.2, -0.15) is 5.10 Å². The van der Waals surface area contributed by atoms with Crippen LogP contribution < -0.4 is 11.1 Å². The minimum atomic E-state index is -0.0958. The molecule has 72 valence electrons. The number of nitrogens with one attached hydrogen (secondary N) is 1. The largest absolute Gasteiger partial charge is 0.352 e. The molecule has 0 aromatic carbocycles. The summed E-state index contributed by atoms with van der Waals surface area (Å²) in [6.45, 7) is 1.21. The van der Waals surface area contributed by atoms with Gasteiger partial charge in [-0.05, 0) is 13.0 Å². The highest BCUT2D eigenvalue weighted by atomic mass is 16.1. The first-order valence-corrected chi connectivity index (χ1v) is 4.21. The van der Waals surface area contributed by atoms with Gasteiger partial charge in [0.1, 0.15) is 0 Å². The number of carbonyl (C=O) groups excluding carboxylic acids is 1. The number of nitrogens with two attached hydrogens (primary N) is 1. The Hall–Kier alpha value is -1.36. The predicted molar refractivity (Wildman–Crippen MR) is 49.2 cm³/mol. The van der Waals surface area contributed by atoms with Crippen molar-refractivity contribution in [1.29, 1.82) is 0 Å². The van der Waals surface area contributed by atoms with E-state index >= 15 is 0 Å². The van der Waals surface area contributed by atoms with Crippen LogP contribution in [0.1, 0.15) is 16.8 Å².